The number of halogens is 5. The number of pyridine rings is 1. The lowest BCUT2D eigenvalue weighted by Crippen LogP contribution is -2.33. The highest BCUT2D eigenvalue weighted by molar-refractivity contribution is 5.82. The van der Waals surface area contributed by atoms with E-state index < -0.39 is 25.4 Å². The maximum absolute atomic E-state index is 13.0. The molecule has 0 spiro atoms. The summed E-state index contributed by atoms with van der Waals surface area (Å²) in [4.78, 5) is 13.2. The Balaban J connectivity index is 1.34. The average molecular weight is 495 g/mol. The first-order valence-electron chi connectivity index (χ1n) is 11.1. The minimum absolute atomic E-state index is 0.0574. The normalized spacial score (nSPS) is 19.2. The monoisotopic (exact) mass is 495 g/mol. The molecule has 186 valence electrons. The zero-order valence-electron chi connectivity index (χ0n) is 18.6. The van der Waals surface area contributed by atoms with E-state index in [2.05, 4.69) is 30.1 Å². The van der Waals surface area contributed by atoms with Crippen LogP contribution in [0.2, 0.25) is 0 Å². The molecule has 1 aliphatic carbocycles. The molecule has 4 aromatic rings. The zero-order chi connectivity index (χ0) is 24.7. The van der Waals surface area contributed by atoms with Crippen LogP contribution in [0.4, 0.5) is 27.9 Å². The summed E-state index contributed by atoms with van der Waals surface area (Å²) in [5, 5.41) is 7.64. The van der Waals surface area contributed by atoms with Gasteiger partial charge in [0.2, 0.25) is 5.95 Å². The highest BCUT2D eigenvalue weighted by Gasteiger charge is 2.35. The van der Waals surface area contributed by atoms with E-state index in [0.29, 0.717) is 59.8 Å². The molecule has 35 heavy (non-hydrogen) atoms. The summed E-state index contributed by atoms with van der Waals surface area (Å²) in [6.45, 7) is 1.17. The number of aryl methyl sites for hydroxylation is 1. The highest BCUT2D eigenvalue weighted by Crippen LogP contribution is 2.30. The number of aromatic nitrogens is 6. The van der Waals surface area contributed by atoms with Gasteiger partial charge in [0.05, 0.1) is 30.1 Å². The van der Waals surface area contributed by atoms with E-state index >= 15 is 0 Å². The van der Waals surface area contributed by atoms with E-state index in [9.17, 15) is 22.0 Å². The standard InChI is InChI=1S/C22H22F5N7O/c1-12-29-17-7-6-16(31-20(17)33(12)11-19(23)24)15-8-9-34-18(15)10-28-21(32-34)30-13-2-4-14(5-3-13)35-22(25,26)27/h6-10,13-14,19H,2-5,11H2,1H3,(H,30,32). The quantitative estimate of drug-likeness (QED) is 0.380. The van der Waals surface area contributed by atoms with Crippen LogP contribution in [0.5, 0.6) is 0 Å². The Kier molecular flexibility index (Phi) is 6.03. The molecule has 0 unspecified atom stereocenters. The van der Waals surface area contributed by atoms with Gasteiger partial charge >= 0.3 is 6.36 Å². The topological polar surface area (TPSA) is 82.2 Å². The fourth-order valence-corrected chi connectivity index (χ4v) is 4.50. The number of hydrogen-bond acceptors (Lipinski definition) is 6. The van der Waals surface area contributed by atoms with E-state index in [1.165, 1.54) is 4.57 Å². The van der Waals surface area contributed by atoms with Crippen LogP contribution in [-0.4, -0.2) is 54.1 Å². The summed E-state index contributed by atoms with van der Waals surface area (Å²) < 4.78 is 70.4. The molecule has 0 atom stereocenters. The maximum Gasteiger partial charge on any atom is 0.522 e. The molecule has 0 aliphatic heterocycles. The summed E-state index contributed by atoms with van der Waals surface area (Å²) in [5.74, 6) is 0.818. The Morgan fingerprint density at radius 2 is 1.89 bits per heavy atom. The molecule has 4 aromatic heterocycles. The van der Waals surface area contributed by atoms with Gasteiger partial charge in [-0.2, -0.15) is 0 Å². The Labute approximate surface area is 196 Å². The molecule has 0 radical (unpaired) electrons. The number of rotatable bonds is 6. The van der Waals surface area contributed by atoms with Crippen molar-refractivity contribution in [2.24, 2.45) is 0 Å². The van der Waals surface area contributed by atoms with Gasteiger partial charge in [0.25, 0.3) is 6.43 Å². The maximum atomic E-state index is 13.0. The Morgan fingerprint density at radius 3 is 2.60 bits per heavy atom. The Bertz CT molecular complexity index is 1340. The smallest absolute Gasteiger partial charge is 0.350 e. The summed E-state index contributed by atoms with van der Waals surface area (Å²) in [5.41, 5.74) is 2.88. The van der Waals surface area contributed by atoms with Crippen LogP contribution >= 0.6 is 0 Å². The predicted molar refractivity (Wildman–Crippen MR) is 117 cm³/mol. The summed E-state index contributed by atoms with van der Waals surface area (Å²) >= 11 is 0. The number of ether oxygens (including phenoxy) is 1. The Hall–Kier alpha value is -3.35. The van der Waals surface area contributed by atoms with Crippen molar-refractivity contribution in [2.45, 2.75) is 64.1 Å². The van der Waals surface area contributed by atoms with Crippen molar-refractivity contribution in [2.75, 3.05) is 5.32 Å². The van der Waals surface area contributed by atoms with Crippen molar-refractivity contribution in [1.82, 2.24) is 29.1 Å². The third-order valence-corrected chi connectivity index (χ3v) is 6.10. The molecule has 1 saturated carbocycles. The van der Waals surface area contributed by atoms with Crippen LogP contribution in [0.1, 0.15) is 31.5 Å². The van der Waals surface area contributed by atoms with Crippen LogP contribution in [0, 0.1) is 6.92 Å². The van der Waals surface area contributed by atoms with Gasteiger partial charge in [-0.15, -0.1) is 18.3 Å². The summed E-state index contributed by atoms with van der Waals surface area (Å²) in [7, 11) is 0. The minimum atomic E-state index is -4.62. The number of hydrogen-bond donors (Lipinski definition) is 1. The number of alkyl halides is 5. The largest absolute Gasteiger partial charge is 0.522 e. The number of anilines is 1. The molecular formula is C22H22F5N7O. The average Bonchev–Trinajstić information content (AvgIpc) is 3.34. The molecule has 1 fully saturated rings. The van der Waals surface area contributed by atoms with E-state index in [1.54, 1.807) is 36.0 Å². The molecule has 0 amide bonds. The third-order valence-electron chi connectivity index (χ3n) is 6.10. The summed E-state index contributed by atoms with van der Waals surface area (Å²) in [6, 6.07) is 5.26. The fraction of sp³-hybridized carbons (Fsp3) is 0.455. The van der Waals surface area contributed by atoms with Crippen LogP contribution in [-0.2, 0) is 11.3 Å². The first kappa shape index (κ1) is 23.4. The summed E-state index contributed by atoms with van der Waals surface area (Å²) in [6.07, 6.45) is -3.01. The van der Waals surface area contributed by atoms with Gasteiger partial charge in [0.15, 0.2) is 5.65 Å². The van der Waals surface area contributed by atoms with Crippen molar-refractivity contribution < 1.29 is 26.7 Å². The van der Waals surface area contributed by atoms with E-state index in [1.807, 2.05) is 6.07 Å². The SMILES string of the molecule is Cc1nc2ccc(-c3ccn4nc(NC5CCC(OC(F)(F)F)CC5)ncc34)nc2n1CC(F)F. The van der Waals surface area contributed by atoms with Crippen LogP contribution in [0.25, 0.3) is 27.9 Å². The van der Waals surface area contributed by atoms with Gasteiger partial charge in [-0.1, -0.05) is 0 Å². The fourth-order valence-electron chi connectivity index (χ4n) is 4.50. The van der Waals surface area contributed by atoms with E-state index in [4.69, 9.17) is 0 Å². The number of fused-ring (bicyclic) bond motifs is 2. The number of nitrogens with one attached hydrogen (secondary N) is 1. The van der Waals surface area contributed by atoms with Crippen molar-refractivity contribution in [3.05, 3.63) is 36.4 Å². The van der Waals surface area contributed by atoms with Crippen molar-refractivity contribution in [3.63, 3.8) is 0 Å². The molecule has 4 heterocycles. The van der Waals surface area contributed by atoms with Crippen LogP contribution < -0.4 is 5.32 Å². The molecule has 1 N–H and O–H groups in total. The second-order valence-corrected chi connectivity index (χ2v) is 8.52. The van der Waals surface area contributed by atoms with Crippen molar-refractivity contribution in [3.8, 4) is 11.3 Å². The highest BCUT2D eigenvalue weighted by atomic mass is 19.4. The first-order valence-corrected chi connectivity index (χ1v) is 11.1. The van der Waals surface area contributed by atoms with Crippen molar-refractivity contribution in [1.29, 1.82) is 0 Å². The van der Waals surface area contributed by atoms with E-state index in [-0.39, 0.29) is 6.04 Å². The van der Waals surface area contributed by atoms with Gasteiger partial charge in [0, 0.05) is 17.8 Å². The lowest BCUT2D eigenvalue weighted by Gasteiger charge is -2.29. The van der Waals surface area contributed by atoms with Gasteiger partial charge in [-0.3, -0.25) is 4.74 Å². The zero-order valence-corrected chi connectivity index (χ0v) is 18.6. The third kappa shape index (κ3) is 5.04. The second-order valence-electron chi connectivity index (χ2n) is 8.52. The lowest BCUT2D eigenvalue weighted by atomic mass is 9.93. The molecule has 8 nitrogen and oxygen atoms in total. The van der Waals surface area contributed by atoms with Gasteiger partial charge < -0.3 is 9.88 Å². The molecule has 1 aliphatic rings. The van der Waals surface area contributed by atoms with Gasteiger partial charge in [-0.25, -0.2) is 28.2 Å². The molecule has 0 saturated heterocycles. The number of imidazole rings is 1. The molecule has 0 aromatic carbocycles. The van der Waals surface area contributed by atoms with Crippen LogP contribution in [0.15, 0.2) is 30.6 Å². The molecule has 0 bridgehead atoms. The van der Waals surface area contributed by atoms with Crippen LogP contribution in [0.3, 0.4) is 0 Å². The van der Waals surface area contributed by atoms with Gasteiger partial charge in [-0.05, 0) is 50.8 Å². The molecule has 5 rings (SSSR count). The molecular weight excluding hydrogens is 473 g/mol. The van der Waals surface area contributed by atoms with Gasteiger partial charge in [0.1, 0.15) is 11.3 Å². The van der Waals surface area contributed by atoms with Crippen molar-refractivity contribution >= 4 is 22.6 Å². The van der Waals surface area contributed by atoms with E-state index in [0.717, 1.165) is 5.56 Å². The lowest BCUT2D eigenvalue weighted by molar-refractivity contribution is -0.345. The second kappa shape index (κ2) is 9.02. The predicted octanol–water partition coefficient (Wildman–Crippen LogP) is 4.97. The first-order chi connectivity index (χ1) is 16.7. The Morgan fingerprint density at radius 1 is 1.11 bits per heavy atom. The molecule has 13 heteroatoms. The minimum Gasteiger partial charge on any atom is -0.350 e. The number of nitrogens with zero attached hydrogens (tertiary/aromatic N) is 6.